The smallest absolute Gasteiger partial charge is 0.401 e. The first-order valence-electron chi connectivity index (χ1n) is 11.0. The number of aromatic nitrogens is 2. The molecular weight excluding hydrogens is 535 g/mol. The normalized spacial score (nSPS) is 18.5. The van der Waals surface area contributed by atoms with Gasteiger partial charge in [-0.15, -0.1) is 0 Å². The van der Waals surface area contributed by atoms with Gasteiger partial charge in [-0.2, -0.15) is 22.0 Å². The van der Waals surface area contributed by atoms with Gasteiger partial charge in [0.25, 0.3) is 0 Å². The lowest BCUT2D eigenvalue weighted by Crippen LogP contribution is -2.62. The molecule has 204 valence electrons. The third-order valence-electron chi connectivity index (χ3n) is 5.80. The molecule has 0 aliphatic carbocycles. The molecule has 1 aromatic carbocycles. The Kier molecular flexibility index (Phi) is 7.56. The predicted molar refractivity (Wildman–Crippen MR) is 127 cm³/mol. The van der Waals surface area contributed by atoms with Crippen molar-refractivity contribution in [3.63, 3.8) is 0 Å². The van der Waals surface area contributed by atoms with Crippen molar-refractivity contribution < 1.29 is 35.1 Å². The first-order valence-corrected chi connectivity index (χ1v) is 12.9. The summed E-state index contributed by atoms with van der Waals surface area (Å²) in [6, 6.07) is 9.93. The summed E-state index contributed by atoms with van der Waals surface area (Å²) in [6.45, 7) is -4.57. The molecule has 4 N–H and O–H groups in total. The number of ether oxygens (including phenoxy) is 1. The van der Waals surface area contributed by atoms with Crippen LogP contribution in [-0.2, 0) is 16.4 Å². The Hall–Kier alpha value is -3.40. The van der Waals surface area contributed by atoms with Crippen LogP contribution < -0.4 is 21.1 Å². The summed E-state index contributed by atoms with van der Waals surface area (Å²) in [6.07, 6.45) is -3.30. The molecule has 3 heterocycles. The lowest BCUT2D eigenvalue weighted by Gasteiger charge is -2.46. The number of nitrogens with two attached hydrogens (primary N) is 2. The van der Waals surface area contributed by atoms with Gasteiger partial charge in [0.15, 0.2) is 9.84 Å². The molecule has 0 radical (unpaired) electrons. The van der Waals surface area contributed by atoms with Crippen LogP contribution in [0.3, 0.4) is 0 Å². The monoisotopic (exact) mass is 558 g/mol. The number of anilines is 1. The summed E-state index contributed by atoms with van der Waals surface area (Å²) >= 11 is 0. The van der Waals surface area contributed by atoms with E-state index in [0.717, 1.165) is 23.3 Å². The number of rotatable bonds is 7. The van der Waals surface area contributed by atoms with Gasteiger partial charge < -0.3 is 15.4 Å². The highest BCUT2D eigenvalue weighted by Crippen LogP contribution is 2.38. The van der Waals surface area contributed by atoms with Crippen LogP contribution >= 0.6 is 0 Å². The molecule has 0 amide bonds. The van der Waals surface area contributed by atoms with Crippen molar-refractivity contribution >= 4 is 15.5 Å². The number of hydrogen-bond donors (Lipinski definition) is 2. The van der Waals surface area contributed by atoms with Crippen LogP contribution in [0.1, 0.15) is 17.4 Å². The van der Waals surface area contributed by atoms with Gasteiger partial charge in [0.2, 0.25) is 0 Å². The summed E-state index contributed by atoms with van der Waals surface area (Å²) in [5.74, 6) is -0.550. The Morgan fingerprint density at radius 1 is 1.13 bits per heavy atom. The van der Waals surface area contributed by atoms with Crippen molar-refractivity contribution in [1.29, 1.82) is 0 Å². The molecular formula is C23H23F5N6O3S. The number of benzene rings is 1. The number of pyridine rings is 2. The minimum absolute atomic E-state index is 0.0613. The predicted octanol–water partition coefficient (Wildman–Crippen LogP) is 3.23. The molecule has 0 spiro atoms. The number of fused-ring (bicyclic) bond motifs is 1. The van der Waals surface area contributed by atoms with Crippen molar-refractivity contribution in [2.75, 3.05) is 17.7 Å². The molecule has 1 aliphatic heterocycles. The van der Waals surface area contributed by atoms with E-state index in [2.05, 4.69) is 14.7 Å². The summed E-state index contributed by atoms with van der Waals surface area (Å²) in [7, 11) is -3.99. The molecule has 38 heavy (non-hydrogen) atoms. The van der Waals surface area contributed by atoms with Crippen LogP contribution in [0.15, 0.2) is 59.8 Å². The third kappa shape index (κ3) is 6.01. The fourth-order valence-electron chi connectivity index (χ4n) is 4.15. The zero-order valence-corrected chi connectivity index (χ0v) is 20.6. The molecule has 9 nitrogen and oxygen atoms in total. The Balaban J connectivity index is 1.81. The lowest BCUT2D eigenvalue weighted by molar-refractivity contribution is -0.158. The Labute approximate surface area is 214 Å². The average Bonchev–Trinajstić information content (AvgIpc) is 2.83. The number of halogens is 5. The van der Waals surface area contributed by atoms with Crippen LogP contribution in [0, 0.1) is 0 Å². The van der Waals surface area contributed by atoms with Gasteiger partial charge >= 0.3 is 12.8 Å². The highest BCUT2D eigenvalue weighted by molar-refractivity contribution is 7.90. The van der Waals surface area contributed by atoms with Gasteiger partial charge in [-0.05, 0) is 42.0 Å². The molecule has 15 heteroatoms. The van der Waals surface area contributed by atoms with Gasteiger partial charge in [0, 0.05) is 30.8 Å². The SMILES string of the molecule is CS(=O)(=O)c1cc(-c2ccc3c(n2)C(N)N(CC(F)(F)F)C(N)N3Cc2cccnc2)ccc1OC(F)F. The van der Waals surface area contributed by atoms with E-state index in [1.54, 1.807) is 30.6 Å². The van der Waals surface area contributed by atoms with E-state index in [0.29, 0.717) is 11.3 Å². The van der Waals surface area contributed by atoms with E-state index < -0.39 is 52.3 Å². The van der Waals surface area contributed by atoms with Crippen molar-refractivity contribution in [3.8, 4) is 17.0 Å². The van der Waals surface area contributed by atoms with E-state index in [1.807, 2.05) is 0 Å². The summed E-state index contributed by atoms with van der Waals surface area (Å²) in [5, 5.41) is 0. The second-order valence-electron chi connectivity index (χ2n) is 8.55. The van der Waals surface area contributed by atoms with Crippen LogP contribution in [0.4, 0.5) is 27.6 Å². The molecule has 0 fully saturated rings. The molecule has 4 rings (SSSR count). The van der Waals surface area contributed by atoms with Crippen molar-refractivity contribution in [2.45, 2.75) is 36.7 Å². The topological polar surface area (TPSA) is 128 Å². The van der Waals surface area contributed by atoms with Crippen LogP contribution in [0.25, 0.3) is 11.3 Å². The van der Waals surface area contributed by atoms with Crippen molar-refractivity contribution in [2.24, 2.45) is 11.5 Å². The van der Waals surface area contributed by atoms with Gasteiger partial charge in [-0.3, -0.25) is 10.7 Å². The summed E-state index contributed by atoms with van der Waals surface area (Å²) in [4.78, 5) is 10.3. The Bertz CT molecular complexity index is 1410. The number of hydrogen-bond acceptors (Lipinski definition) is 9. The maximum Gasteiger partial charge on any atom is 0.401 e. The Morgan fingerprint density at radius 3 is 2.47 bits per heavy atom. The van der Waals surface area contributed by atoms with E-state index in [-0.39, 0.29) is 23.5 Å². The van der Waals surface area contributed by atoms with Crippen LogP contribution in [0.2, 0.25) is 0 Å². The molecule has 2 aromatic heterocycles. The molecule has 0 bridgehead atoms. The zero-order valence-electron chi connectivity index (χ0n) is 19.8. The fraction of sp³-hybridized carbons (Fsp3) is 0.304. The second-order valence-corrected chi connectivity index (χ2v) is 10.5. The van der Waals surface area contributed by atoms with Crippen molar-refractivity contribution in [1.82, 2.24) is 14.9 Å². The number of sulfone groups is 1. The third-order valence-corrected chi connectivity index (χ3v) is 6.92. The zero-order chi connectivity index (χ0) is 27.8. The van der Waals surface area contributed by atoms with Gasteiger partial charge in [0.05, 0.1) is 23.6 Å². The van der Waals surface area contributed by atoms with E-state index >= 15 is 0 Å². The lowest BCUT2D eigenvalue weighted by atomic mass is 10.1. The fourth-order valence-corrected chi connectivity index (χ4v) is 4.97. The molecule has 0 saturated carbocycles. The molecule has 2 atom stereocenters. The maximum absolute atomic E-state index is 13.4. The minimum Gasteiger partial charge on any atom is -0.433 e. The van der Waals surface area contributed by atoms with E-state index in [9.17, 15) is 30.4 Å². The molecule has 2 unspecified atom stereocenters. The van der Waals surface area contributed by atoms with Crippen LogP contribution in [0.5, 0.6) is 5.75 Å². The summed E-state index contributed by atoms with van der Waals surface area (Å²) in [5.41, 5.74) is 13.9. The first kappa shape index (κ1) is 27.6. The highest BCUT2D eigenvalue weighted by Gasteiger charge is 2.42. The quantitative estimate of drug-likeness (QED) is 0.420. The molecule has 0 saturated heterocycles. The largest absolute Gasteiger partial charge is 0.433 e. The van der Waals surface area contributed by atoms with Gasteiger partial charge in [-0.25, -0.2) is 18.3 Å². The maximum atomic E-state index is 13.4. The molecule has 3 aromatic rings. The van der Waals surface area contributed by atoms with Crippen LogP contribution in [-0.4, -0.2) is 55.2 Å². The van der Waals surface area contributed by atoms with E-state index in [1.165, 1.54) is 17.0 Å². The number of nitrogens with zero attached hydrogens (tertiary/aromatic N) is 4. The van der Waals surface area contributed by atoms with Crippen molar-refractivity contribution in [3.05, 3.63) is 66.1 Å². The Morgan fingerprint density at radius 2 is 1.87 bits per heavy atom. The molecule has 1 aliphatic rings. The highest BCUT2D eigenvalue weighted by atomic mass is 32.2. The van der Waals surface area contributed by atoms with Gasteiger partial charge in [-0.1, -0.05) is 6.07 Å². The van der Waals surface area contributed by atoms with Gasteiger partial charge in [0.1, 0.15) is 23.1 Å². The first-order chi connectivity index (χ1) is 17.7. The summed E-state index contributed by atoms with van der Waals surface area (Å²) < 4.78 is 94.6. The van der Waals surface area contributed by atoms with E-state index in [4.69, 9.17) is 11.5 Å². The number of alkyl halides is 5. The average molecular weight is 559 g/mol. The second kappa shape index (κ2) is 10.4. The minimum atomic E-state index is -4.62. The standard InChI is InChI=1S/C23H23F5N6O3S/c1-38(35,36)18-9-14(4-7-17(18)37-21(24)25)15-5-6-16-19(32-15)20(29)34(12-23(26,27)28)22(30)33(16)11-13-3-2-8-31-10-13/h2-10,20-22H,11-12,29-30H2,1H3.